The molecule has 0 aliphatic carbocycles. The molecular weight excluding hydrogens is 889 g/mol. The van der Waals surface area contributed by atoms with Crippen molar-refractivity contribution in [2.24, 2.45) is 21.1 Å². The second-order valence-corrected chi connectivity index (χ2v) is 16.3. The van der Waals surface area contributed by atoms with Crippen LogP contribution in [0.15, 0.2) is 91.0 Å². The number of fused-ring (bicyclic) bond motifs is 6. The van der Waals surface area contributed by atoms with Crippen molar-refractivity contribution in [3.63, 3.8) is 0 Å². The molecule has 0 unspecified atom stereocenters. The number of alkyl carbamates (subject to hydrolysis) is 3. The van der Waals surface area contributed by atoms with E-state index < -0.39 is 54.1 Å². The summed E-state index contributed by atoms with van der Waals surface area (Å²) in [7, 11) is 4.97. The van der Waals surface area contributed by atoms with E-state index >= 15 is 0 Å². The monoisotopic (exact) mass is 942 g/mol. The minimum absolute atomic E-state index is 0.0134. The molecule has 21 heteroatoms. The summed E-state index contributed by atoms with van der Waals surface area (Å²) in [6.07, 6.45) is -2.32. The van der Waals surface area contributed by atoms with Crippen molar-refractivity contribution in [2.45, 2.75) is 58.7 Å². The molecule has 0 spiro atoms. The normalized spacial score (nSPS) is 15.9. The molecule has 1 aliphatic rings. The van der Waals surface area contributed by atoms with E-state index in [1.165, 1.54) is 0 Å². The number of carbonyl (C=O) groups excluding carboxylic acids is 6. The number of amides is 6. The summed E-state index contributed by atoms with van der Waals surface area (Å²) in [5.74, 6) is -1.45. The average Bonchev–Trinajstić information content (AvgIpc) is 3.95. The van der Waals surface area contributed by atoms with Gasteiger partial charge in [-0.15, -0.1) is 0 Å². The van der Waals surface area contributed by atoms with Crippen LogP contribution in [0, 0.1) is 20.8 Å². The van der Waals surface area contributed by atoms with Gasteiger partial charge in [0.25, 0.3) is 17.7 Å². The van der Waals surface area contributed by atoms with E-state index in [2.05, 4.69) is 31.9 Å². The smallest absolute Gasteiger partial charge is 0.407 e. The van der Waals surface area contributed by atoms with Gasteiger partial charge in [-0.2, -0.15) is 0 Å². The molecule has 0 fully saturated rings. The second kappa shape index (κ2) is 21.9. The van der Waals surface area contributed by atoms with E-state index in [1.807, 2.05) is 91.0 Å². The quantitative estimate of drug-likeness (QED) is 0.0939. The zero-order valence-corrected chi connectivity index (χ0v) is 39.0. The van der Waals surface area contributed by atoms with E-state index in [1.54, 1.807) is 55.6 Å². The van der Waals surface area contributed by atoms with Gasteiger partial charge in [0.05, 0.1) is 0 Å². The average molecular weight is 943 g/mol. The van der Waals surface area contributed by atoms with Crippen molar-refractivity contribution in [3.05, 3.63) is 159 Å². The Balaban J connectivity index is 1.24. The number of imidazole rings is 3. The number of aromatic nitrogens is 6. The van der Waals surface area contributed by atoms with Gasteiger partial charge in [0, 0.05) is 57.9 Å². The molecule has 0 saturated heterocycles. The highest BCUT2D eigenvalue weighted by Gasteiger charge is 2.33. The number of nitrogens with one attached hydrogen (secondary N) is 6. The molecule has 21 nitrogen and oxygen atoms in total. The molecule has 6 aromatic rings. The Labute approximate surface area is 397 Å². The van der Waals surface area contributed by atoms with Crippen molar-refractivity contribution in [1.82, 2.24) is 60.6 Å². The molecule has 3 atom stereocenters. The summed E-state index contributed by atoms with van der Waals surface area (Å²) in [6, 6.07) is 24.1. The maximum absolute atomic E-state index is 14.4. The lowest BCUT2D eigenvalue weighted by molar-refractivity contribution is 0.0921. The third-order valence-electron chi connectivity index (χ3n) is 11.7. The predicted octanol–water partition coefficient (Wildman–Crippen LogP) is 4.32. The number of benzene rings is 3. The minimum Gasteiger partial charge on any atom is -0.445 e. The van der Waals surface area contributed by atoms with Gasteiger partial charge in [0.1, 0.15) is 72.5 Å². The van der Waals surface area contributed by atoms with Gasteiger partial charge in [0.2, 0.25) is 0 Å². The van der Waals surface area contributed by atoms with Gasteiger partial charge in [0.15, 0.2) is 0 Å². The largest absolute Gasteiger partial charge is 0.445 e. The summed E-state index contributed by atoms with van der Waals surface area (Å²) in [5, 5.41) is 16.9. The molecule has 3 aromatic heterocycles. The van der Waals surface area contributed by atoms with E-state index in [0.29, 0.717) is 17.1 Å². The summed E-state index contributed by atoms with van der Waals surface area (Å²) >= 11 is 0. The highest BCUT2D eigenvalue weighted by Crippen LogP contribution is 2.24. The van der Waals surface area contributed by atoms with Crippen LogP contribution in [0.25, 0.3) is 0 Å². The summed E-state index contributed by atoms with van der Waals surface area (Å²) in [4.78, 5) is 96.5. The number of hydrogen-bond acceptors (Lipinski definition) is 12. The van der Waals surface area contributed by atoms with Crippen molar-refractivity contribution in [2.75, 3.05) is 19.6 Å². The molecule has 360 valence electrons. The standard InChI is InChI=1S/C48H54N12O9/c1-28-37-43(61)52-35(23-50-47(65)68-26-32-18-12-8-13-19-32)41-56-39(30(3)59(41)5)45(63)54-36(24-51-48(66)69-27-33-20-14-9-15-21-33)42-57-38(29(2)60(42)6)44(62)53-34(40(55-37)58(28)4)22-49-46(64)67-25-31-16-10-7-11-17-31/h7-21,34-36H,22-27H2,1-6H3,(H,49,64)(H,50,65)(H,51,66)(H,52,61)(H,53,62)(H,54,63)/t34-,35-,36-/m0/s1. The molecule has 69 heavy (non-hydrogen) atoms. The maximum atomic E-state index is 14.4. The Morgan fingerprint density at radius 3 is 0.957 bits per heavy atom. The first-order valence-electron chi connectivity index (χ1n) is 22.0. The third-order valence-corrected chi connectivity index (χ3v) is 11.7. The van der Waals surface area contributed by atoms with Crippen molar-refractivity contribution in [3.8, 4) is 0 Å². The first kappa shape index (κ1) is 48.4. The van der Waals surface area contributed by atoms with E-state index in [-0.39, 0.29) is 74.0 Å². The highest BCUT2D eigenvalue weighted by atomic mass is 16.6. The molecule has 0 saturated carbocycles. The van der Waals surface area contributed by atoms with Crippen molar-refractivity contribution < 1.29 is 43.0 Å². The molecule has 0 radical (unpaired) electrons. The number of ether oxygens (including phenoxy) is 3. The third kappa shape index (κ3) is 11.7. The minimum atomic E-state index is -1.07. The van der Waals surface area contributed by atoms with Crippen LogP contribution in [0.3, 0.4) is 0 Å². The summed E-state index contributed by atoms with van der Waals surface area (Å²) in [6.45, 7) is 4.25. The lowest BCUT2D eigenvalue weighted by atomic mass is 10.2. The topological polar surface area (TPSA) is 256 Å². The van der Waals surface area contributed by atoms with Crippen molar-refractivity contribution >= 4 is 36.0 Å². The first-order valence-corrected chi connectivity index (χ1v) is 22.0. The predicted molar refractivity (Wildman–Crippen MR) is 248 cm³/mol. The zero-order chi connectivity index (χ0) is 49.2. The van der Waals surface area contributed by atoms with Crippen LogP contribution in [0.1, 0.15) is 101 Å². The maximum Gasteiger partial charge on any atom is 0.407 e. The summed E-state index contributed by atoms with van der Waals surface area (Å²) in [5.41, 5.74) is 3.37. The van der Waals surface area contributed by atoms with Crippen LogP contribution in [-0.4, -0.2) is 84.3 Å². The number of hydrogen-bond donors (Lipinski definition) is 6. The molecule has 6 amide bonds. The van der Waals surface area contributed by atoms with Crippen LogP contribution < -0.4 is 31.9 Å². The fourth-order valence-corrected chi connectivity index (χ4v) is 7.56. The molecule has 4 heterocycles. The van der Waals surface area contributed by atoms with Crippen LogP contribution >= 0.6 is 0 Å². The van der Waals surface area contributed by atoms with Crippen LogP contribution in [0.4, 0.5) is 14.4 Å². The number of nitrogens with zero attached hydrogens (tertiary/aromatic N) is 6. The number of carbonyl (C=O) groups is 6. The molecule has 7 rings (SSSR count). The lowest BCUT2D eigenvalue weighted by Crippen LogP contribution is -2.40. The van der Waals surface area contributed by atoms with Gasteiger partial charge < -0.3 is 59.8 Å². The highest BCUT2D eigenvalue weighted by molar-refractivity contribution is 5.96. The first-order chi connectivity index (χ1) is 33.2. The Morgan fingerprint density at radius 1 is 0.464 bits per heavy atom. The van der Waals surface area contributed by atoms with Gasteiger partial charge in [-0.1, -0.05) is 91.0 Å². The van der Waals surface area contributed by atoms with Crippen LogP contribution in [0.5, 0.6) is 0 Å². The molecule has 6 bridgehead atoms. The Hall–Kier alpha value is -8.49. The van der Waals surface area contributed by atoms with Crippen LogP contribution in [0.2, 0.25) is 0 Å². The van der Waals surface area contributed by atoms with E-state index in [9.17, 15) is 28.8 Å². The van der Waals surface area contributed by atoms with Gasteiger partial charge in [-0.25, -0.2) is 29.3 Å². The Morgan fingerprint density at radius 2 is 0.710 bits per heavy atom. The SMILES string of the molecule is Cc1c2nc(n1C)[C@H](CNC(=O)OCc1ccccc1)NC(=O)c1nc(n(C)c1C)[C@H](CNC(=O)OCc1ccccc1)NC(=O)c1nc(n(C)c1C)[C@H](CNC(=O)OCc1ccccc1)NC2=O. The Kier molecular flexibility index (Phi) is 15.4. The fraction of sp³-hybridized carbons (Fsp3) is 0.312. The second-order valence-electron chi connectivity index (χ2n) is 16.3. The van der Waals surface area contributed by atoms with E-state index in [4.69, 9.17) is 29.2 Å². The molecule has 3 aromatic carbocycles. The Bertz CT molecular complexity index is 2520. The zero-order valence-electron chi connectivity index (χ0n) is 39.0. The van der Waals surface area contributed by atoms with Gasteiger partial charge in [-0.05, 0) is 37.5 Å². The molecular formula is C48H54N12O9. The fourth-order valence-electron chi connectivity index (χ4n) is 7.56. The van der Waals surface area contributed by atoms with Gasteiger partial charge >= 0.3 is 18.3 Å². The molecule has 1 aliphatic heterocycles. The number of rotatable bonds is 12. The van der Waals surface area contributed by atoms with E-state index in [0.717, 1.165) is 16.7 Å². The lowest BCUT2D eigenvalue weighted by Gasteiger charge is -2.20. The van der Waals surface area contributed by atoms with Crippen molar-refractivity contribution in [1.29, 1.82) is 0 Å². The molecule has 6 N–H and O–H groups in total. The van der Waals surface area contributed by atoms with Gasteiger partial charge in [-0.3, -0.25) is 14.4 Å². The summed E-state index contributed by atoms with van der Waals surface area (Å²) < 4.78 is 21.2. The van der Waals surface area contributed by atoms with Crippen LogP contribution in [-0.2, 0) is 55.2 Å².